The number of guanidine groups is 1. The van der Waals surface area contributed by atoms with Crippen LogP contribution < -0.4 is 10.6 Å². The predicted molar refractivity (Wildman–Crippen MR) is 100 cm³/mol. The van der Waals surface area contributed by atoms with Crippen molar-refractivity contribution >= 4 is 17.7 Å². The van der Waals surface area contributed by atoms with Crippen molar-refractivity contribution in [3.8, 4) is 0 Å². The van der Waals surface area contributed by atoms with Gasteiger partial charge >= 0.3 is 0 Å². The van der Waals surface area contributed by atoms with E-state index < -0.39 is 0 Å². The van der Waals surface area contributed by atoms with Crippen LogP contribution in [0.3, 0.4) is 0 Å². The lowest BCUT2D eigenvalue weighted by Gasteiger charge is -2.24. The van der Waals surface area contributed by atoms with E-state index in [0.29, 0.717) is 17.9 Å². The van der Waals surface area contributed by atoms with Crippen LogP contribution in [-0.2, 0) is 17.9 Å². The maximum absolute atomic E-state index is 5.19. The van der Waals surface area contributed by atoms with Crippen molar-refractivity contribution in [1.29, 1.82) is 0 Å². The van der Waals surface area contributed by atoms with E-state index >= 15 is 0 Å². The molecule has 1 heterocycles. The van der Waals surface area contributed by atoms with Gasteiger partial charge < -0.3 is 15.4 Å². The SMILES string of the molecule is CCNC(=NCc1cccc(COC)c1)NCC1(C)CCCS1. The van der Waals surface area contributed by atoms with Crippen molar-refractivity contribution < 1.29 is 4.74 Å². The third-order valence-electron chi connectivity index (χ3n) is 4.00. The molecule has 4 nitrogen and oxygen atoms in total. The average Bonchev–Trinajstić information content (AvgIpc) is 2.98. The van der Waals surface area contributed by atoms with Gasteiger partial charge in [-0.1, -0.05) is 24.3 Å². The fourth-order valence-electron chi connectivity index (χ4n) is 2.74. The molecule has 0 saturated carbocycles. The first-order chi connectivity index (χ1) is 11.1. The van der Waals surface area contributed by atoms with Crippen LogP contribution in [0.5, 0.6) is 0 Å². The highest BCUT2D eigenvalue weighted by molar-refractivity contribution is 8.00. The molecule has 0 spiro atoms. The number of methoxy groups -OCH3 is 1. The van der Waals surface area contributed by atoms with E-state index in [2.05, 4.69) is 60.5 Å². The number of thioether (sulfide) groups is 1. The van der Waals surface area contributed by atoms with Gasteiger partial charge in [0.1, 0.15) is 0 Å². The fraction of sp³-hybridized carbons (Fsp3) is 0.611. The molecule has 1 aliphatic heterocycles. The first kappa shape index (κ1) is 18.1. The molecule has 0 amide bonds. The summed E-state index contributed by atoms with van der Waals surface area (Å²) in [7, 11) is 1.72. The molecule has 1 unspecified atom stereocenters. The zero-order chi connectivity index (χ0) is 16.5. The van der Waals surface area contributed by atoms with Crippen LogP contribution in [0.1, 0.15) is 37.8 Å². The lowest BCUT2D eigenvalue weighted by atomic mass is 10.1. The molecule has 0 aliphatic carbocycles. The molecule has 0 radical (unpaired) electrons. The molecule has 23 heavy (non-hydrogen) atoms. The van der Waals surface area contributed by atoms with Crippen molar-refractivity contribution in [2.75, 3.05) is 26.0 Å². The van der Waals surface area contributed by atoms with Crippen LogP contribution in [0, 0.1) is 0 Å². The van der Waals surface area contributed by atoms with E-state index in [9.17, 15) is 0 Å². The van der Waals surface area contributed by atoms with Gasteiger partial charge in [-0.25, -0.2) is 4.99 Å². The quantitative estimate of drug-likeness (QED) is 0.593. The number of hydrogen-bond donors (Lipinski definition) is 2. The molecule has 1 atom stereocenters. The van der Waals surface area contributed by atoms with Crippen molar-refractivity contribution in [1.82, 2.24) is 10.6 Å². The zero-order valence-corrected chi connectivity index (χ0v) is 15.3. The smallest absolute Gasteiger partial charge is 0.191 e. The highest BCUT2D eigenvalue weighted by Crippen LogP contribution is 2.36. The molecule has 1 aliphatic rings. The third-order valence-corrected chi connectivity index (χ3v) is 5.53. The maximum Gasteiger partial charge on any atom is 0.191 e. The summed E-state index contributed by atoms with van der Waals surface area (Å²) in [6, 6.07) is 8.42. The van der Waals surface area contributed by atoms with Crippen LogP contribution in [-0.4, -0.2) is 36.7 Å². The molecule has 1 aromatic carbocycles. The number of hydrogen-bond acceptors (Lipinski definition) is 3. The second-order valence-electron chi connectivity index (χ2n) is 6.20. The molecule has 0 aromatic heterocycles. The Labute approximate surface area is 144 Å². The molecule has 5 heteroatoms. The van der Waals surface area contributed by atoms with Crippen LogP contribution in [0.2, 0.25) is 0 Å². The Morgan fingerprint density at radius 3 is 2.87 bits per heavy atom. The first-order valence-electron chi connectivity index (χ1n) is 8.38. The Morgan fingerprint density at radius 1 is 1.35 bits per heavy atom. The van der Waals surface area contributed by atoms with E-state index in [4.69, 9.17) is 9.73 Å². The van der Waals surface area contributed by atoms with E-state index in [1.807, 2.05) is 0 Å². The fourth-order valence-corrected chi connectivity index (χ4v) is 3.99. The summed E-state index contributed by atoms with van der Waals surface area (Å²) in [5, 5.41) is 6.85. The lowest BCUT2D eigenvalue weighted by molar-refractivity contribution is 0.185. The molecule has 128 valence electrons. The zero-order valence-electron chi connectivity index (χ0n) is 14.5. The van der Waals surface area contributed by atoms with Gasteiger partial charge in [0.05, 0.1) is 13.2 Å². The summed E-state index contributed by atoms with van der Waals surface area (Å²) in [4.78, 5) is 4.72. The Balaban J connectivity index is 1.93. The number of nitrogens with one attached hydrogen (secondary N) is 2. The summed E-state index contributed by atoms with van der Waals surface area (Å²) >= 11 is 2.07. The summed E-state index contributed by atoms with van der Waals surface area (Å²) in [5.74, 6) is 2.18. The minimum Gasteiger partial charge on any atom is -0.380 e. The Kier molecular flexibility index (Phi) is 7.24. The second-order valence-corrected chi connectivity index (χ2v) is 7.89. The van der Waals surface area contributed by atoms with Crippen LogP contribution in [0.4, 0.5) is 0 Å². The van der Waals surface area contributed by atoms with E-state index in [1.54, 1.807) is 7.11 Å². The summed E-state index contributed by atoms with van der Waals surface area (Å²) < 4.78 is 5.53. The van der Waals surface area contributed by atoms with Gasteiger partial charge in [-0.2, -0.15) is 11.8 Å². The molecule has 2 N–H and O–H groups in total. The van der Waals surface area contributed by atoms with Crippen molar-refractivity contribution in [2.24, 2.45) is 4.99 Å². The van der Waals surface area contributed by atoms with Gasteiger partial charge in [-0.3, -0.25) is 0 Å². The molecule has 1 aromatic rings. The van der Waals surface area contributed by atoms with E-state index in [-0.39, 0.29) is 0 Å². The average molecular weight is 336 g/mol. The van der Waals surface area contributed by atoms with Crippen molar-refractivity contribution in [2.45, 2.75) is 44.6 Å². The Bertz CT molecular complexity index is 513. The Hall–Kier alpha value is -1.20. The summed E-state index contributed by atoms with van der Waals surface area (Å²) in [6.45, 7) is 7.60. The molecule has 2 rings (SSSR count). The largest absolute Gasteiger partial charge is 0.380 e. The molecule has 1 saturated heterocycles. The molecule has 0 bridgehead atoms. The highest BCUT2D eigenvalue weighted by atomic mass is 32.2. The lowest BCUT2D eigenvalue weighted by Crippen LogP contribution is -2.43. The number of nitrogens with zero attached hydrogens (tertiary/aromatic N) is 1. The van der Waals surface area contributed by atoms with Gasteiger partial charge in [-0.05, 0) is 43.6 Å². The maximum atomic E-state index is 5.19. The molecule has 1 fully saturated rings. The van der Waals surface area contributed by atoms with Crippen molar-refractivity contribution in [3.63, 3.8) is 0 Å². The van der Waals surface area contributed by atoms with Crippen molar-refractivity contribution in [3.05, 3.63) is 35.4 Å². The number of ether oxygens (including phenoxy) is 1. The summed E-state index contributed by atoms with van der Waals surface area (Å²) in [6.07, 6.45) is 2.60. The van der Waals surface area contributed by atoms with E-state index in [0.717, 1.165) is 19.0 Å². The minimum absolute atomic E-state index is 0.342. The second kappa shape index (κ2) is 9.18. The van der Waals surface area contributed by atoms with Gasteiger partial charge in [0.25, 0.3) is 0 Å². The molecular formula is C18H29N3OS. The Morgan fingerprint density at radius 2 is 2.17 bits per heavy atom. The standard InChI is InChI=1S/C18H29N3OS/c1-4-19-17(21-14-18(2)9-6-10-23-18)20-12-15-7-5-8-16(11-15)13-22-3/h5,7-8,11H,4,6,9-10,12-14H2,1-3H3,(H2,19,20,21). The van der Waals surface area contributed by atoms with Crippen LogP contribution >= 0.6 is 11.8 Å². The monoisotopic (exact) mass is 335 g/mol. The topological polar surface area (TPSA) is 45.7 Å². The van der Waals surface area contributed by atoms with Crippen LogP contribution in [0.25, 0.3) is 0 Å². The number of aliphatic imine (C=N–C) groups is 1. The third kappa shape index (κ3) is 6.07. The molecular weight excluding hydrogens is 306 g/mol. The number of benzene rings is 1. The predicted octanol–water partition coefficient (Wildman–Crippen LogP) is 3.17. The normalized spacial score (nSPS) is 21.4. The van der Waals surface area contributed by atoms with Gasteiger partial charge in [0, 0.05) is 24.9 Å². The number of rotatable bonds is 7. The van der Waals surface area contributed by atoms with Gasteiger partial charge in [-0.15, -0.1) is 0 Å². The van der Waals surface area contributed by atoms with E-state index in [1.165, 1.54) is 29.7 Å². The van der Waals surface area contributed by atoms with Gasteiger partial charge in [0.15, 0.2) is 5.96 Å². The first-order valence-corrected chi connectivity index (χ1v) is 9.36. The minimum atomic E-state index is 0.342. The highest BCUT2D eigenvalue weighted by Gasteiger charge is 2.29. The summed E-state index contributed by atoms with van der Waals surface area (Å²) in [5.41, 5.74) is 2.39. The van der Waals surface area contributed by atoms with Crippen LogP contribution in [0.15, 0.2) is 29.3 Å². The van der Waals surface area contributed by atoms with Gasteiger partial charge in [0.2, 0.25) is 0 Å².